The molecule has 0 aliphatic carbocycles. The van der Waals surface area contributed by atoms with Crippen molar-refractivity contribution in [2.24, 2.45) is 0 Å². The molecule has 148 valence electrons. The average molecular weight is 439 g/mol. The maximum absolute atomic E-state index is 5.21. The summed E-state index contributed by atoms with van der Waals surface area (Å²) in [7, 11) is 1.13. The number of hydrogen-bond donors (Lipinski definition) is 2. The number of benzene rings is 3. The summed E-state index contributed by atoms with van der Waals surface area (Å²) in [6, 6.07) is 30.0. The number of nitrogens with zero attached hydrogens (tertiary/aromatic N) is 2. The van der Waals surface area contributed by atoms with Gasteiger partial charge in [0.05, 0.1) is 11.4 Å². The lowest BCUT2D eigenvalue weighted by atomic mass is 10.2. The molecule has 1 heterocycles. The Hall–Kier alpha value is -2.27. The topological polar surface area (TPSA) is 30.5 Å². The van der Waals surface area contributed by atoms with Gasteiger partial charge in [-0.1, -0.05) is 59.9 Å². The second kappa shape index (κ2) is 9.49. The van der Waals surface area contributed by atoms with Crippen molar-refractivity contribution in [1.29, 1.82) is 0 Å². The lowest BCUT2D eigenvalue weighted by molar-refractivity contribution is 0.945. The number of anilines is 4. The molecule has 0 atom stereocenters. The van der Waals surface area contributed by atoms with E-state index in [-0.39, 0.29) is 0 Å². The van der Waals surface area contributed by atoms with Crippen molar-refractivity contribution in [3.63, 3.8) is 0 Å². The minimum absolute atomic E-state index is 0.688. The van der Waals surface area contributed by atoms with Crippen molar-refractivity contribution in [2.75, 3.05) is 28.7 Å². The molecule has 1 aliphatic rings. The highest BCUT2D eigenvalue weighted by atomic mass is 32.7. The maximum atomic E-state index is 5.21. The molecular weight excluding hydrogens is 415 g/mol. The van der Waals surface area contributed by atoms with Crippen LogP contribution in [-0.2, 0) is 0 Å². The molecule has 0 unspecified atom stereocenters. The molecule has 0 spiro atoms. The van der Waals surface area contributed by atoms with Crippen molar-refractivity contribution in [3.8, 4) is 0 Å². The summed E-state index contributed by atoms with van der Waals surface area (Å²) in [5.41, 5.74) is 4.94. The van der Waals surface area contributed by atoms with Crippen molar-refractivity contribution < 1.29 is 0 Å². The Morgan fingerprint density at radius 3 is 1.79 bits per heavy atom. The molecule has 0 saturated heterocycles. The molecule has 0 saturated carbocycles. The summed E-state index contributed by atoms with van der Waals surface area (Å²) in [4.78, 5) is 0. The van der Waals surface area contributed by atoms with Gasteiger partial charge < -0.3 is 10.6 Å². The Morgan fingerprint density at radius 1 is 0.828 bits per heavy atom. The first-order valence-corrected chi connectivity index (χ1v) is 12.7. The van der Waals surface area contributed by atoms with Crippen LogP contribution in [0.1, 0.15) is 0 Å². The van der Waals surface area contributed by atoms with E-state index < -0.39 is 7.42 Å². The summed E-state index contributed by atoms with van der Waals surface area (Å²) in [6.07, 6.45) is 0. The first-order chi connectivity index (χ1) is 14.3. The fourth-order valence-electron chi connectivity index (χ4n) is 3.21. The van der Waals surface area contributed by atoms with Gasteiger partial charge in [-0.15, -0.1) is 0 Å². The molecular formula is C22H23N4PS2. The standard InChI is InChI=1S/C22H23N4PS2/c1-23-22(28)24-16-17-29-27-25(18-10-4-2-5-11-18)20-14-8-9-15-21(20)26(27)19-12-6-3-7-13-19/h2-15H,16-17H2,1H3,(H2,23,24,28). The first-order valence-electron chi connectivity index (χ1n) is 9.47. The molecule has 4 rings (SSSR count). The second-order valence-corrected chi connectivity index (χ2v) is 10.5. The molecule has 3 aromatic carbocycles. The Labute approximate surface area is 182 Å². The molecule has 3 aromatic rings. The van der Waals surface area contributed by atoms with Crippen LogP contribution in [0.4, 0.5) is 22.7 Å². The van der Waals surface area contributed by atoms with E-state index in [0.29, 0.717) is 5.11 Å². The van der Waals surface area contributed by atoms with Crippen LogP contribution in [-0.4, -0.2) is 24.5 Å². The van der Waals surface area contributed by atoms with Gasteiger partial charge >= 0.3 is 0 Å². The van der Waals surface area contributed by atoms with Gasteiger partial charge in [-0.25, -0.2) is 0 Å². The molecule has 0 bridgehead atoms. The van der Waals surface area contributed by atoms with Crippen LogP contribution in [0.25, 0.3) is 0 Å². The van der Waals surface area contributed by atoms with E-state index in [9.17, 15) is 0 Å². The van der Waals surface area contributed by atoms with Crippen molar-refractivity contribution >= 4 is 58.9 Å². The summed E-state index contributed by atoms with van der Waals surface area (Å²) >= 11 is 7.18. The normalized spacial score (nSPS) is 13.3. The largest absolute Gasteiger partial charge is 0.366 e. The SMILES string of the molecule is CNC(=S)NCCSP1N(c2ccccc2)c2ccccc2N1c1ccccc1. The van der Waals surface area contributed by atoms with Crippen LogP contribution in [0.5, 0.6) is 0 Å². The molecule has 0 radical (unpaired) electrons. The third kappa shape index (κ3) is 4.35. The predicted molar refractivity (Wildman–Crippen MR) is 133 cm³/mol. The number of rotatable bonds is 6. The fourth-order valence-corrected chi connectivity index (χ4v) is 7.99. The molecule has 4 nitrogen and oxygen atoms in total. The number of hydrogen-bond acceptors (Lipinski definition) is 4. The second-order valence-electron chi connectivity index (χ2n) is 6.38. The summed E-state index contributed by atoms with van der Waals surface area (Å²) < 4.78 is 4.97. The zero-order valence-electron chi connectivity index (χ0n) is 16.2. The van der Waals surface area contributed by atoms with E-state index >= 15 is 0 Å². The molecule has 0 amide bonds. The van der Waals surface area contributed by atoms with Crippen LogP contribution in [0.3, 0.4) is 0 Å². The molecule has 1 aliphatic heterocycles. The third-order valence-electron chi connectivity index (χ3n) is 4.50. The van der Waals surface area contributed by atoms with Gasteiger partial charge in [0.25, 0.3) is 0 Å². The van der Waals surface area contributed by atoms with Gasteiger partial charge in [-0.2, -0.15) is 0 Å². The summed E-state index contributed by atoms with van der Waals surface area (Å²) in [6.45, 7) is 0.824. The van der Waals surface area contributed by atoms with Crippen LogP contribution in [0.15, 0.2) is 84.9 Å². The molecule has 2 N–H and O–H groups in total. The highest BCUT2D eigenvalue weighted by Crippen LogP contribution is 2.71. The number of fused-ring (bicyclic) bond motifs is 1. The van der Waals surface area contributed by atoms with Crippen LogP contribution in [0.2, 0.25) is 0 Å². The molecule has 0 aromatic heterocycles. The molecule has 0 fully saturated rings. The van der Waals surface area contributed by atoms with Crippen LogP contribution in [0, 0.1) is 0 Å². The summed E-state index contributed by atoms with van der Waals surface area (Å²) in [5.74, 6) is 0.953. The molecule has 7 heteroatoms. The van der Waals surface area contributed by atoms with Crippen molar-refractivity contribution in [1.82, 2.24) is 10.6 Å². The van der Waals surface area contributed by atoms with Gasteiger partial charge in [-0.3, -0.25) is 9.34 Å². The monoisotopic (exact) mass is 438 g/mol. The van der Waals surface area contributed by atoms with E-state index in [0.717, 1.165) is 12.3 Å². The van der Waals surface area contributed by atoms with Gasteiger partial charge in [0.1, 0.15) is 0 Å². The quantitative estimate of drug-likeness (QED) is 0.278. The van der Waals surface area contributed by atoms with E-state index in [1.807, 2.05) is 18.4 Å². The summed E-state index contributed by atoms with van der Waals surface area (Å²) in [5, 5.41) is 6.92. The fraction of sp³-hybridized carbons (Fsp3) is 0.136. The van der Waals surface area contributed by atoms with E-state index in [1.54, 1.807) is 0 Å². The van der Waals surface area contributed by atoms with Crippen molar-refractivity contribution in [3.05, 3.63) is 84.9 Å². The Bertz CT molecular complexity index is 889. The number of para-hydroxylation sites is 4. The number of thiocarbonyl (C=S) groups is 1. The van der Waals surface area contributed by atoms with E-state index in [2.05, 4.69) is 105 Å². The Kier molecular flexibility index (Phi) is 6.55. The smallest absolute Gasteiger partial charge is 0.170 e. The first kappa shape index (κ1) is 20.0. The van der Waals surface area contributed by atoms with Gasteiger partial charge in [0.2, 0.25) is 0 Å². The highest BCUT2D eigenvalue weighted by Gasteiger charge is 2.38. The van der Waals surface area contributed by atoms with Gasteiger partial charge in [-0.05, 0) is 48.6 Å². The van der Waals surface area contributed by atoms with Gasteiger partial charge in [0.15, 0.2) is 12.5 Å². The van der Waals surface area contributed by atoms with Crippen LogP contribution < -0.4 is 20.0 Å². The zero-order chi connectivity index (χ0) is 20.1. The average Bonchev–Trinajstić information content (AvgIpc) is 3.11. The maximum Gasteiger partial charge on any atom is 0.170 e. The minimum Gasteiger partial charge on any atom is -0.366 e. The predicted octanol–water partition coefficient (Wildman–Crippen LogP) is 6.03. The number of nitrogens with one attached hydrogen (secondary N) is 2. The zero-order valence-corrected chi connectivity index (χ0v) is 18.7. The van der Waals surface area contributed by atoms with Gasteiger partial charge in [0, 0.05) is 30.7 Å². The third-order valence-corrected chi connectivity index (χ3v) is 9.27. The lowest BCUT2D eigenvalue weighted by Gasteiger charge is -2.31. The highest BCUT2D eigenvalue weighted by molar-refractivity contribution is 8.56. The van der Waals surface area contributed by atoms with Crippen LogP contribution >= 0.6 is 31.0 Å². The lowest BCUT2D eigenvalue weighted by Crippen LogP contribution is -2.33. The molecule has 29 heavy (non-hydrogen) atoms. The Morgan fingerprint density at radius 2 is 1.31 bits per heavy atom. The van der Waals surface area contributed by atoms with Crippen molar-refractivity contribution in [2.45, 2.75) is 0 Å². The van der Waals surface area contributed by atoms with E-state index in [1.165, 1.54) is 22.7 Å². The van der Waals surface area contributed by atoms with E-state index in [4.69, 9.17) is 12.2 Å². The Balaban J connectivity index is 1.69. The minimum atomic E-state index is -0.707.